The zero-order valence-electron chi connectivity index (χ0n) is 21.6. The van der Waals surface area contributed by atoms with Crippen molar-refractivity contribution in [3.63, 3.8) is 0 Å². The number of likely N-dealkylation sites (N-methyl/N-ethyl adjacent to an activating group) is 1. The summed E-state index contributed by atoms with van der Waals surface area (Å²) in [5.74, 6) is 0.0394. The summed E-state index contributed by atoms with van der Waals surface area (Å²) in [6, 6.07) is 21.2. The van der Waals surface area contributed by atoms with Gasteiger partial charge in [0.1, 0.15) is 12.2 Å². The average molecular weight is 548 g/mol. The minimum absolute atomic E-state index is 0.0486. The van der Waals surface area contributed by atoms with Gasteiger partial charge in [-0.1, -0.05) is 54.1 Å². The molecule has 7 nitrogen and oxygen atoms in total. The third-order valence-corrected chi connectivity index (χ3v) is 8.06. The molecule has 2 aromatic carbocycles. The topological polar surface area (TPSA) is 70.5 Å². The second-order valence-electron chi connectivity index (χ2n) is 9.77. The van der Waals surface area contributed by atoms with Gasteiger partial charge in [0.2, 0.25) is 17.8 Å². The Morgan fingerprint density at radius 2 is 1.79 bits per heavy atom. The van der Waals surface area contributed by atoms with E-state index in [-0.39, 0.29) is 30.4 Å². The Morgan fingerprint density at radius 3 is 2.47 bits per heavy atom. The molecule has 3 heterocycles. The lowest BCUT2D eigenvalue weighted by molar-refractivity contribution is -0.141. The number of aromatic nitrogens is 2. The predicted molar refractivity (Wildman–Crippen MR) is 153 cm³/mol. The standard InChI is InChI=1S/C29H30ClN5O2S/c1-19(2)34(28(37)24-15-20-9-7-8-10-21(20)16-33(24)3)18-27(36)32-29-31-23(25-13-14-26(30)38-25)17-35(29)22-11-5-4-6-12-22/h4-14,17,19,24H,15-16,18H2,1-3H3,(H,31,32,36). The number of imidazole rings is 1. The summed E-state index contributed by atoms with van der Waals surface area (Å²) in [5, 5.41) is 2.95. The van der Waals surface area contributed by atoms with Gasteiger partial charge in [0, 0.05) is 24.5 Å². The van der Waals surface area contributed by atoms with Crippen molar-refractivity contribution in [3.05, 3.63) is 88.4 Å². The van der Waals surface area contributed by atoms with Gasteiger partial charge in [-0.15, -0.1) is 11.3 Å². The smallest absolute Gasteiger partial charge is 0.246 e. The van der Waals surface area contributed by atoms with Crippen LogP contribution in [0.2, 0.25) is 4.34 Å². The normalized spacial score (nSPS) is 15.3. The van der Waals surface area contributed by atoms with Gasteiger partial charge in [0.05, 0.1) is 15.3 Å². The number of thiophene rings is 1. The summed E-state index contributed by atoms with van der Waals surface area (Å²) < 4.78 is 2.51. The predicted octanol–water partition coefficient (Wildman–Crippen LogP) is 5.49. The van der Waals surface area contributed by atoms with Crippen molar-refractivity contribution in [1.82, 2.24) is 19.4 Å². The zero-order chi connectivity index (χ0) is 26.8. The van der Waals surface area contributed by atoms with Crippen molar-refractivity contribution < 1.29 is 9.59 Å². The second-order valence-corrected chi connectivity index (χ2v) is 11.5. The van der Waals surface area contributed by atoms with E-state index in [4.69, 9.17) is 16.6 Å². The highest BCUT2D eigenvalue weighted by molar-refractivity contribution is 7.19. The molecule has 1 aliphatic rings. The summed E-state index contributed by atoms with van der Waals surface area (Å²) in [6.07, 6.45) is 2.51. The van der Waals surface area contributed by atoms with Crippen LogP contribution in [0.1, 0.15) is 25.0 Å². The van der Waals surface area contributed by atoms with Crippen LogP contribution in [0.4, 0.5) is 5.95 Å². The van der Waals surface area contributed by atoms with Gasteiger partial charge in [-0.05, 0) is 62.7 Å². The molecule has 1 N–H and O–H groups in total. The SMILES string of the molecule is CC(C)N(CC(=O)Nc1nc(-c2ccc(Cl)s2)cn1-c1ccccc1)C(=O)C1Cc2ccccc2CN1C. The van der Waals surface area contributed by atoms with Crippen molar-refractivity contribution in [2.75, 3.05) is 18.9 Å². The minimum Gasteiger partial charge on any atom is -0.330 e. The summed E-state index contributed by atoms with van der Waals surface area (Å²) in [4.78, 5) is 36.4. The quantitative estimate of drug-likeness (QED) is 0.332. The van der Waals surface area contributed by atoms with E-state index in [2.05, 4.69) is 22.3 Å². The number of para-hydroxylation sites is 1. The molecule has 38 heavy (non-hydrogen) atoms. The van der Waals surface area contributed by atoms with Crippen molar-refractivity contribution >= 4 is 40.7 Å². The fraction of sp³-hybridized carbons (Fsp3) is 0.276. The van der Waals surface area contributed by atoms with Gasteiger partial charge in [-0.2, -0.15) is 0 Å². The maximum atomic E-state index is 13.7. The second kappa shape index (κ2) is 11.1. The van der Waals surface area contributed by atoms with E-state index in [1.54, 1.807) is 4.90 Å². The van der Waals surface area contributed by atoms with Crippen LogP contribution in [-0.2, 0) is 22.6 Å². The Balaban J connectivity index is 1.36. The molecule has 1 aliphatic heterocycles. The van der Waals surface area contributed by atoms with Crippen molar-refractivity contribution in [3.8, 4) is 16.3 Å². The maximum Gasteiger partial charge on any atom is 0.246 e. The highest BCUT2D eigenvalue weighted by Crippen LogP contribution is 2.32. The lowest BCUT2D eigenvalue weighted by atomic mass is 9.93. The summed E-state index contributed by atoms with van der Waals surface area (Å²) in [5.41, 5.74) is 4.00. The maximum absolute atomic E-state index is 13.7. The summed E-state index contributed by atoms with van der Waals surface area (Å²) in [7, 11) is 1.96. The Bertz CT molecular complexity index is 1450. The Morgan fingerprint density at radius 1 is 1.08 bits per heavy atom. The lowest BCUT2D eigenvalue weighted by Crippen LogP contribution is -2.53. The molecule has 0 spiro atoms. The van der Waals surface area contributed by atoms with E-state index >= 15 is 0 Å². The molecular weight excluding hydrogens is 518 g/mol. The van der Waals surface area contributed by atoms with Crippen LogP contribution in [0.5, 0.6) is 0 Å². The number of hydrogen-bond donors (Lipinski definition) is 1. The van der Waals surface area contributed by atoms with Crippen LogP contribution in [0.15, 0.2) is 72.9 Å². The molecule has 0 fully saturated rings. The first kappa shape index (κ1) is 26.2. The Labute approximate surface area is 231 Å². The molecule has 4 aromatic rings. The first-order chi connectivity index (χ1) is 18.3. The van der Waals surface area contributed by atoms with Gasteiger partial charge in [-0.3, -0.25) is 24.4 Å². The number of carbonyl (C=O) groups excluding carboxylic acids is 2. The molecule has 196 valence electrons. The third-order valence-electron chi connectivity index (χ3n) is 6.81. The molecule has 0 radical (unpaired) electrons. The summed E-state index contributed by atoms with van der Waals surface area (Å²) >= 11 is 7.58. The largest absolute Gasteiger partial charge is 0.330 e. The highest BCUT2D eigenvalue weighted by atomic mass is 35.5. The van der Waals surface area contributed by atoms with Gasteiger partial charge in [0.25, 0.3) is 0 Å². The van der Waals surface area contributed by atoms with E-state index in [0.717, 1.165) is 10.6 Å². The number of carbonyl (C=O) groups is 2. The number of anilines is 1. The molecular formula is C29H30ClN5O2S. The molecule has 0 saturated carbocycles. The number of benzene rings is 2. The van der Waals surface area contributed by atoms with E-state index < -0.39 is 0 Å². The van der Waals surface area contributed by atoms with Gasteiger partial charge < -0.3 is 4.90 Å². The number of rotatable bonds is 7. The van der Waals surface area contributed by atoms with E-state index in [9.17, 15) is 9.59 Å². The van der Waals surface area contributed by atoms with Gasteiger partial charge in [0.15, 0.2) is 0 Å². The molecule has 5 rings (SSSR count). The molecule has 0 aliphatic carbocycles. The van der Waals surface area contributed by atoms with Gasteiger partial charge >= 0.3 is 0 Å². The van der Waals surface area contributed by atoms with Crippen LogP contribution >= 0.6 is 22.9 Å². The first-order valence-corrected chi connectivity index (χ1v) is 13.8. The number of nitrogens with zero attached hydrogens (tertiary/aromatic N) is 4. The average Bonchev–Trinajstić information content (AvgIpc) is 3.53. The molecule has 2 amide bonds. The molecule has 1 unspecified atom stereocenters. The summed E-state index contributed by atoms with van der Waals surface area (Å²) in [6.45, 7) is 4.51. The van der Waals surface area contributed by atoms with Crippen LogP contribution in [-0.4, -0.2) is 56.8 Å². The van der Waals surface area contributed by atoms with Crippen LogP contribution in [0.3, 0.4) is 0 Å². The molecule has 0 saturated heterocycles. The van der Waals surface area contributed by atoms with Crippen molar-refractivity contribution in [2.24, 2.45) is 0 Å². The molecule has 1 atom stereocenters. The Kier molecular flexibility index (Phi) is 7.65. The zero-order valence-corrected chi connectivity index (χ0v) is 23.2. The van der Waals surface area contributed by atoms with E-state index in [0.29, 0.717) is 28.9 Å². The number of hydrogen-bond acceptors (Lipinski definition) is 5. The number of halogens is 1. The van der Waals surface area contributed by atoms with Crippen molar-refractivity contribution in [2.45, 2.75) is 38.9 Å². The fourth-order valence-corrected chi connectivity index (χ4v) is 5.78. The van der Waals surface area contributed by atoms with Crippen LogP contribution in [0, 0.1) is 0 Å². The molecule has 9 heteroatoms. The monoisotopic (exact) mass is 547 g/mol. The molecule has 2 aromatic heterocycles. The van der Waals surface area contributed by atoms with E-state index in [1.807, 2.05) is 86.3 Å². The Hall–Kier alpha value is -3.46. The third kappa shape index (κ3) is 5.53. The number of amides is 2. The lowest BCUT2D eigenvalue weighted by Gasteiger charge is -2.37. The van der Waals surface area contributed by atoms with E-state index in [1.165, 1.54) is 22.5 Å². The first-order valence-electron chi connectivity index (χ1n) is 12.6. The van der Waals surface area contributed by atoms with Gasteiger partial charge in [-0.25, -0.2) is 4.98 Å². The number of fused-ring (bicyclic) bond motifs is 1. The number of nitrogens with one attached hydrogen (secondary N) is 1. The van der Waals surface area contributed by atoms with Crippen molar-refractivity contribution in [1.29, 1.82) is 0 Å². The minimum atomic E-state index is -0.318. The van der Waals surface area contributed by atoms with Crippen LogP contribution in [0.25, 0.3) is 16.3 Å². The van der Waals surface area contributed by atoms with Crippen LogP contribution < -0.4 is 5.32 Å². The fourth-order valence-electron chi connectivity index (χ4n) is 4.78. The highest BCUT2D eigenvalue weighted by Gasteiger charge is 2.34. The molecule has 0 bridgehead atoms.